The van der Waals surface area contributed by atoms with Crippen LogP contribution in [0.5, 0.6) is 0 Å². The monoisotopic (exact) mass is 245 g/mol. The van der Waals surface area contributed by atoms with Crippen molar-refractivity contribution in [1.82, 2.24) is 15.1 Å². The van der Waals surface area contributed by atoms with Crippen molar-refractivity contribution in [3.8, 4) is 0 Å². The Morgan fingerprint density at radius 2 is 2.19 bits per heavy atom. The maximum atomic E-state index is 9.29. The van der Waals surface area contributed by atoms with E-state index in [0.29, 0.717) is 11.7 Å². The van der Waals surface area contributed by atoms with Gasteiger partial charge in [-0.25, -0.2) is 0 Å². The third kappa shape index (κ3) is 2.75. The third-order valence-corrected chi connectivity index (χ3v) is 3.56. The van der Waals surface area contributed by atoms with Gasteiger partial charge in [0.1, 0.15) is 5.15 Å². The highest BCUT2D eigenvalue weighted by Crippen LogP contribution is 2.19. The Kier molecular flexibility index (Phi) is 4.35. The van der Waals surface area contributed by atoms with Crippen molar-refractivity contribution >= 4 is 11.6 Å². The molecule has 16 heavy (non-hydrogen) atoms. The Morgan fingerprint density at radius 3 is 2.56 bits per heavy atom. The highest BCUT2D eigenvalue weighted by Gasteiger charge is 2.21. The van der Waals surface area contributed by atoms with Crippen molar-refractivity contribution in [2.75, 3.05) is 6.61 Å². The van der Waals surface area contributed by atoms with Crippen molar-refractivity contribution in [2.24, 2.45) is 7.05 Å². The third-order valence-electron chi connectivity index (χ3n) is 3.09. The molecule has 0 amide bonds. The van der Waals surface area contributed by atoms with Crippen LogP contribution in [-0.2, 0) is 13.6 Å². The van der Waals surface area contributed by atoms with Crippen LogP contribution in [-0.4, -0.2) is 27.0 Å². The summed E-state index contributed by atoms with van der Waals surface area (Å²) in [5.41, 5.74) is 1.67. The van der Waals surface area contributed by atoms with Crippen molar-refractivity contribution in [1.29, 1.82) is 0 Å². The molecule has 0 aliphatic rings. The van der Waals surface area contributed by atoms with E-state index in [1.807, 2.05) is 27.8 Å². The lowest BCUT2D eigenvalue weighted by molar-refractivity contribution is 0.169. The lowest BCUT2D eigenvalue weighted by Gasteiger charge is -2.27. The lowest BCUT2D eigenvalue weighted by Crippen LogP contribution is -2.44. The van der Waals surface area contributed by atoms with E-state index in [4.69, 9.17) is 11.6 Å². The zero-order valence-corrected chi connectivity index (χ0v) is 11.1. The summed E-state index contributed by atoms with van der Waals surface area (Å²) in [7, 11) is 1.82. The normalized spacial score (nSPS) is 15.1. The van der Waals surface area contributed by atoms with Gasteiger partial charge in [0.25, 0.3) is 0 Å². The van der Waals surface area contributed by atoms with E-state index in [0.717, 1.165) is 17.7 Å². The van der Waals surface area contributed by atoms with Gasteiger partial charge in [-0.3, -0.25) is 4.68 Å². The van der Waals surface area contributed by atoms with Crippen LogP contribution in [0, 0.1) is 6.92 Å². The molecule has 0 aliphatic carbocycles. The molecule has 92 valence electrons. The first-order valence-corrected chi connectivity index (χ1v) is 5.85. The molecule has 0 aromatic carbocycles. The Labute approximate surface area is 102 Å². The summed E-state index contributed by atoms with van der Waals surface area (Å²) in [5, 5.41) is 17.5. The van der Waals surface area contributed by atoms with Crippen LogP contribution in [0.25, 0.3) is 0 Å². The van der Waals surface area contributed by atoms with E-state index >= 15 is 0 Å². The predicted molar refractivity (Wildman–Crippen MR) is 65.6 cm³/mol. The quantitative estimate of drug-likeness (QED) is 0.829. The van der Waals surface area contributed by atoms with Crippen LogP contribution >= 0.6 is 11.6 Å². The molecule has 1 unspecified atom stereocenters. The summed E-state index contributed by atoms with van der Waals surface area (Å²) in [4.78, 5) is 0. The number of hydrogen-bond acceptors (Lipinski definition) is 3. The van der Waals surface area contributed by atoms with E-state index in [9.17, 15) is 5.11 Å². The van der Waals surface area contributed by atoms with Crippen LogP contribution in [0.1, 0.15) is 31.5 Å². The van der Waals surface area contributed by atoms with Gasteiger partial charge in [0.05, 0.1) is 12.3 Å². The number of halogens is 1. The van der Waals surface area contributed by atoms with Crippen molar-refractivity contribution in [2.45, 2.75) is 39.3 Å². The van der Waals surface area contributed by atoms with Gasteiger partial charge in [0.2, 0.25) is 0 Å². The van der Waals surface area contributed by atoms with Gasteiger partial charge in [-0.05, 0) is 20.3 Å². The number of nitrogens with one attached hydrogen (secondary N) is 1. The molecule has 2 N–H and O–H groups in total. The van der Waals surface area contributed by atoms with Crippen LogP contribution in [0.3, 0.4) is 0 Å². The first kappa shape index (κ1) is 13.5. The smallest absolute Gasteiger partial charge is 0.131 e. The minimum atomic E-state index is -0.258. The Bertz CT molecular complexity index is 358. The fourth-order valence-electron chi connectivity index (χ4n) is 1.47. The highest BCUT2D eigenvalue weighted by molar-refractivity contribution is 6.30. The second-order valence-electron chi connectivity index (χ2n) is 4.40. The lowest BCUT2D eigenvalue weighted by atomic mass is 10.00. The molecule has 4 nitrogen and oxygen atoms in total. The van der Waals surface area contributed by atoms with Gasteiger partial charge in [-0.15, -0.1) is 0 Å². The zero-order chi connectivity index (χ0) is 12.3. The second-order valence-corrected chi connectivity index (χ2v) is 4.76. The first-order valence-electron chi connectivity index (χ1n) is 5.47. The van der Waals surface area contributed by atoms with E-state index < -0.39 is 0 Å². The Morgan fingerprint density at radius 1 is 1.56 bits per heavy atom. The molecule has 0 aliphatic heterocycles. The molecule has 1 aromatic rings. The zero-order valence-electron chi connectivity index (χ0n) is 10.3. The van der Waals surface area contributed by atoms with Crippen LogP contribution in [0.15, 0.2) is 0 Å². The molecule has 1 atom stereocenters. The van der Waals surface area contributed by atoms with Gasteiger partial charge >= 0.3 is 0 Å². The van der Waals surface area contributed by atoms with E-state index in [1.165, 1.54) is 0 Å². The molecule has 1 aromatic heterocycles. The minimum absolute atomic E-state index is 0.112. The molecule has 0 radical (unpaired) electrons. The predicted octanol–water partition coefficient (Wildman–Crippen LogP) is 1.63. The van der Waals surface area contributed by atoms with Crippen molar-refractivity contribution < 1.29 is 5.11 Å². The molecule has 0 saturated heterocycles. The summed E-state index contributed by atoms with van der Waals surface area (Å²) in [5.74, 6) is 0. The molecule has 0 saturated carbocycles. The molecular formula is C11H20ClN3O. The fourth-order valence-corrected chi connectivity index (χ4v) is 1.71. The summed E-state index contributed by atoms with van der Waals surface area (Å²) >= 11 is 6.13. The number of rotatable bonds is 5. The number of aliphatic hydroxyl groups is 1. The summed E-state index contributed by atoms with van der Waals surface area (Å²) in [6.07, 6.45) is 0.862. The molecule has 1 rings (SSSR count). The molecule has 5 heteroatoms. The largest absolute Gasteiger partial charge is 0.394 e. The molecule has 1 heterocycles. The molecule has 0 fully saturated rings. The average Bonchev–Trinajstić information content (AvgIpc) is 2.51. The van der Waals surface area contributed by atoms with Crippen molar-refractivity contribution in [3.05, 3.63) is 16.4 Å². The molecular weight excluding hydrogens is 226 g/mol. The highest BCUT2D eigenvalue weighted by atomic mass is 35.5. The van der Waals surface area contributed by atoms with E-state index in [1.54, 1.807) is 4.68 Å². The van der Waals surface area contributed by atoms with E-state index in [2.05, 4.69) is 10.4 Å². The van der Waals surface area contributed by atoms with Crippen LogP contribution in [0.2, 0.25) is 5.15 Å². The van der Waals surface area contributed by atoms with Gasteiger partial charge in [-0.1, -0.05) is 18.5 Å². The number of nitrogens with zero attached hydrogens (tertiary/aromatic N) is 2. The maximum Gasteiger partial charge on any atom is 0.131 e. The Balaban J connectivity index is 2.74. The Hall–Kier alpha value is -0.580. The topological polar surface area (TPSA) is 50.1 Å². The van der Waals surface area contributed by atoms with Gasteiger partial charge in [-0.2, -0.15) is 5.10 Å². The second kappa shape index (κ2) is 5.17. The molecule has 0 bridgehead atoms. The SMILES string of the molecule is CCC(C)(CO)NCc1c(C)nn(C)c1Cl. The van der Waals surface area contributed by atoms with Gasteiger partial charge in [0.15, 0.2) is 0 Å². The fraction of sp³-hybridized carbons (Fsp3) is 0.727. The standard InChI is InChI=1S/C11H20ClN3O/c1-5-11(3,7-16)13-6-9-8(2)14-15(4)10(9)12/h13,16H,5-7H2,1-4H3. The average molecular weight is 246 g/mol. The van der Waals surface area contributed by atoms with Crippen molar-refractivity contribution in [3.63, 3.8) is 0 Å². The minimum Gasteiger partial charge on any atom is -0.394 e. The van der Waals surface area contributed by atoms with E-state index in [-0.39, 0.29) is 12.1 Å². The van der Waals surface area contributed by atoms with Gasteiger partial charge < -0.3 is 10.4 Å². The van der Waals surface area contributed by atoms with Gasteiger partial charge in [0, 0.05) is 24.7 Å². The summed E-state index contributed by atoms with van der Waals surface area (Å²) in [6, 6.07) is 0. The number of aryl methyl sites for hydroxylation is 2. The first-order chi connectivity index (χ1) is 7.43. The summed E-state index contributed by atoms with van der Waals surface area (Å²) in [6.45, 7) is 6.71. The number of aliphatic hydroxyl groups excluding tert-OH is 1. The van der Waals surface area contributed by atoms with Crippen LogP contribution in [0.4, 0.5) is 0 Å². The molecule has 0 spiro atoms. The summed E-state index contributed by atoms with van der Waals surface area (Å²) < 4.78 is 1.66. The number of aromatic nitrogens is 2. The maximum absolute atomic E-state index is 9.29. The van der Waals surface area contributed by atoms with Crippen LogP contribution < -0.4 is 5.32 Å². The number of hydrogen-bond donors (Lipinski definition) is 2.